The third kappa shape index (κ3) is 1.42. The maximum Gasteiger partial charge on any atom is 0.308 e. The molecule has 0 spiro atoms. The van der Waals surface area contributed by atoms with E-state index in [1.165, 1.54) is 12.8 Å². The zero-order valence-electron chi connectivity index (χ0n) is 11.2. The summed E-state index contributed by atoms with van der Waals surface area (Å²) < 4.78 is 5.71. The monoisotopic (exact) mass is 224 g/mol. The van der Waals surface area contributed by atoms with Gasteiger partial charge >= 0.3 is 5.97 Å². The molecule has 3 atom stereocenters. The van der Waals surface area contributed by atoms with Crippen LogP contribution in [0.3, 0.4) is 0 Å². The number of esters is 1. The summed E-state index contributed by atoms with van der Waals surface area (Å²) in [6.45, 7) is 10.8. The minimum atomic E-state index is -0.0328. The Balaban J connectivity index is 2.13. The highest BCUT2D eigenvalue weighted by molar-refractivity contribution is 5.71. The van der Waals surface area contributed by atoms with Gasteiger partial charge in [0.25, 0.3) is 0 Å². The molecule has 0 radical (unpaired) electrons. The van der Waals surface area contributed by atoms with Gasteiger partial charge in [0.05, 0.1) is 5.92 Å². The van der Waals surface area contributed by atoms with Gasteiger partial charge < -0.3 is 4.74 Å². The number of hydrogen-bond donors (Lipinski definition) is 0. The highest BCUT2D eigenvalue weighted by Crippen LogP contribution is 2.66. The largest absolute Gasteiger partial charge is 0.462 e. The third-order valence-corrected chi connectivity index (χ3v) is 5.44. The number of carbonyl (C=O) groups is 1. The molecule has 92 valence electrons. The van der Waals surface area contributed by atoms with Crippen molar-refractivity contribution in [2.45, 2.75) is 60.0 Å². The standard InChI is InChI=1S/C14H24O2/c1-9(2)12(15)16-11-8-10-6-7-14(11,5)13(10,3)4/h9-11H,6-8H2,1-5H3/t10-,11-,14+/m1/s1. The van der Waals surface area contributed by atoms with E-state index in [1.54, 1.807) is 0 Å². The topological polar surface area (TPSA) is 26.3 Å². The van der Waals surface area contributed by atoms with Crippen molar-refractivity contribution in [2.75, 3.05) is 0 Å². The molecule has 2 aliphatic carbocycles. The average Bonchev–Trinajstić information content (AvgIpc) is 2.50. The van der Waals surface area contributed by atoms with Gasteiger partial charge in [0, 0.05) is 5.41 Å². The Hall–Kier alpha value is -0.530. The highest BCUT2D eigenvalue weighted by atomic mass is 16.5. The van der Waals surface area contributed by atoms with E-state index < -0.39 is 0 Å². The predicted octanol–water partition coefficient (Wildman–Crippen LogP) is 3.40. The van der Waals surface area contributed by atoms with Crippen molar-refractivity contribution in [1.29, 1.82) is 0 Å². The van der Waals surface area contributed by atoms with Gasteiger partial charge in [-0.25, -0.2) is 0 Å². The molecule has 0 aromatic heterocycles. The lowest BCUT2D eigenvalue weighted by atomic mass is 9.70. The fraction of sp³-hybridized carbons (Fsp3) is 0.929. The van der Waals surface area contributed by atoms with Crippen molar-refractivity contribution < 1.29 is 9.53 Å². The van der Waals surface area contributed by atoms with Gasteiger partial charge in [0.2, 0.25) is 0 Å². The van der Waals surface area contributed by atoms with Crippen LogP contribution >= 0.6 is 0 Å². The molecule has 2 saturated carbocycles. The third-order valence-electron chi connectivity index (χ3n) is 5.44. The van der Waals surface area contributed by atoms with Crippen molar-refractivity contribution >= 4 is 5.97 Å². The van der Waals surface area contributed by atoms with Gasteiger partial charge in [-0.1, -0.05) is 34.6 Å². The fourth-order valence-corrected chi connectivity index (χ4v) is 3.58. The van der Waals surface area contributed by atoms with E-state index in [-0.39, 0.29) is 23.4 Å². The highest BCUT2D eigenvalue weighted by Gasteiger charge is 2.62. The molecule has 2 rings (SSSR count). The zero-order valence-corrected chi connectivity index (χ0v) is 11.2. The molecule has 0 N–H and O–H groups in total. The van der Waals surface area contributed by atoms with E-state index in [1.807, 2.05) is 13.8 Å². The summed E-state index contributed by atoms with van der Waals surface area (Å²) in [5.41, 5.74) is 0.525. The summed E-state index contributed by atoms with van der Waals surface area (Å²) in [6.07, 6.45) is 3.73. The first-order chi connectivity index (χ1) is 7.29. The Morgan fingerprint density at radius 1 is 1.31 bits per heavy atom. The summed E-state index contributed by atoms with van der Waals surface area (Å²) >= 11 is 0. The summed E-state index contributed by atoms with van der Waals surface area (Å²) in [5.74, 6) is 0.697. The minimum Gasteiger partial charge on any atom is -0.462 e. The number of rotatable bonds is 2. The van der Waals surface area contributed by atoms with Crippen LogP contribution in [-0.2, 0) is 9.53 Å². The lowest BCUT2D eigenvalue weighted by Gasteiger charge is -2.38. The van der Waals surface area contributed by atoms with Crippen LogP contribution in [0.2, 0.25) is 0 Å². The van der Waals surface area contributed by atoms with Gasteiger partial charge in [-0.15, -0.1) is 0 Å². The molecular weight excluding hydrogens is 200 g/mol. The van der Waals surface area contributed by atoms with Crippen LogP contribution in [0.25, 0.3) is 0 Å². The van der Waals surface area contributed by atoms with Gasteiger partial charge in [0.15, 0.2) is 0 Å². The van der Waals surface area contributed by atoms with Crippen molar-refractivity contribution in [1.82, 2.24) is 0 Å². The summed E-state index contributed by atoms with van der Waals surface area (Å²) in [5, 5.41) is 0. The molecule has 0 amide bonds. The van der Waals surface area contributed by atoms with Crippen LogP contribution in [0, 0.1) is 22.7 Å². The predicted molar refractivity (Wildman–Crippen MR) is 63.9 cm³/mol. The van der Waals surface area contributed by atoms with E-state index in [4.69, 9.17) is 4.74 Å². The van der Waals surface area contributed by atoms with Crippen LogP contribution in [0.4, 0.5) is 0 Å². The molecule has 16 heavy (non-hydrogen) atoms. The van der Waals surface area contributed by atoms with E-state index >= 15 is 0 Å². The molecule has 0 saturated heterocycles. The second kappa shape index (κ2) is 3.48. The van der Waals surface area contributed by atoms with Crippen LogP contribution < -0.4 is 0 Å². The van der Waals surface area contributed by atoms with Gasteiger partial charge in [-0.2, -0.15) is 0 Å². The molecule has 0 heterocycles. The van der Waals surface area contributed by atoms with E-state index in [0.29, 0.717) is 5.41 Å². The summed E-state index contributed by atoms with van der Waals surface area (Å²) in [4.78, 5) is 11.7. The summed E-state index contributed by atoms with van der Waals surface area (Å²) in [6, 6.07) is 0. The van der Waals surface area contributed by atoms with Crippen LogP contribution in [-0.4, -0.2) is 12.1 Å². The Labute approximate surface area is 98.7 Å². The number of ether oxygens (including phenoxy) is 1. The normalized spacial score (nSPS) is 40.4. The Morgan fingerprint density at radius 3 is 2.31 bits per heavy atom. The van der Waals surface area contributed by atoms with E-state index in [9.17, 15) is 4.79 Å². The van der Waals surface area contributed by atoms with E-state index in [2.05, 4.69) is 20.8 Å². The van der Waals surface area contributed by atoms with Gasteiger partial charge in [-0.05, 0) is 30.6 Å². The Kier molecular flexibility index (Phi) is 2.60. The van der Waals surface area contributed by atoms with Crippen molar-refractivity contribution in [3.8, 4) is 0 Å². The first-order valence-corrected chi connectivity index (χ1v) is 6.49. The quantitative estimate of drug-likeness (QED) is 0.672. The molecule has 0 unspecified atom stereocenters. The molecular formula is C14H24O2. The molecule has 2 nitrogen and oxygen atoms in total. The molecule has 2 aliphatic rings. The number of carbonyl (C=O) groups excluding carboxylic acids is 1. The van der Waals surface area contributed by atoms with Crippen LogP contribution in [0.5, 0.6) is 0 Å². The maximum absolute atomic E-state index is 11.7. The van der Waals surface area contributed by atoms with Gasteiger partial charge in [-0.3, -0.25) is 4.79 Å². The molecule has 2 bridgehead atoms. The average molecular weight is 224 g/mol. The first kappa shape index (κ1) is 11.9. The second-order valence-corrected chi connectivity index (χ2v) is 6.69. The smallest absolute Gasteiger partial charge is 0.308 e. The minimum absolute atomic E-state index is 0.00848. The van der Waals surface area contributed by atoms with Crippen molar-refractivity contribution in [2.24, 2.45) is 22.7 Å². The summed E-state index contributed by atoms with van der Waals surface area (Å²) in [7, 11) is 0. The van der Waals surface area contributed by atoms with Crippen molar-refractivity contribution in [3.63, 3.8) is 0 Å². The Bertz CT molecular complexity index is 306. The number of fused-ring (bicyclic) bond motifs is 2. The number of hydrogen-bond acceptors (Lipinski definition) is 2. The first-order valence-electron chi connectivity index (χ1n) is 6.49. The Morgan fingerprint density at radius 2 is 1.94 bits per heavy atom. The van der Waals surface area contributed by atoms with E-state index in [0.717, 1.165) is 12.3 Å². The SMILES string of the molecule is CC(C)C(=O)O[C@@H]1C[C@H]2CC[C@]1(C)C2(C)C. The molecule has 0 aliphatic heterocycles. The van der Waals surface area contributed by atoms with Crippen molar-refractivity contribution in [3.05, 3.63) is 0 Å². The lowest BCUT2D eigenvalue weighted by Crippen LogP contribution is -2.39. The second-order valence-electron chi connectivity index (χ2n) is 6.69. The van der Waals surface area contributed by atoms with Crippen LogP contribution in [0.1, 0.15) is 53.9 Å². The molecule has 2 fully saturated rings. The molecule has 2 heteroatoms. The maximum atomic E-state index is 11.7. The molecule has 0 aromatic rings. The van der Waals surface area contributed by atoms with Crippen LogP contribution in [0.15, 0.2) is 0 Å². The van der Waals surface area contributed by atoms with Gasteiger partial charge in [0.1, 0.15) is 6.10 Å². The fourth-order valence-electron chi connectivity index (χ4n) is 3.58. The molecule has 0 aromatic carbocycles. The zero-order chi connectivity index (χ0) is 12.1. The lowest BCUT2D eigenvalue weighted by molar-refractivity contribution is -0.160.